The average molecular weight is 1450 g/mol. The Balaban J connectivity index is 0.00000417. The second kappa shape index (κ2) is 34.0. The molecule has 4 aliphatic heterocycles. The van der Waals surface area contributed by atoms with Gasteiger partial charge in [0.05, 0.1) is 51.5 Å². The van der Waals surface area contributed by atoms with Crippen LogP contribution in [0.15, 0.2) is 66.4 Å². The first kappa shape index (κ1) is 83.2. The van der Waals surface area contributed by atoms with E-state index in [9.17, 15) is 80.6 Å². The molecule has 0 saturated carbocycles. The van der Waals surface area contributed by atoms with Crippen LogP contribution < -0.4 is 153 Å². The Morgan fingerprint density at radius 3 is 1.39 bits per heavy atom. The van der Waals surface area contributed by atoms with E-state index < -0.39 is 122 Å². The fraction of sp³-hybridized carbons (Fsp3) is 0.500. The molecular formula is C60H68N6Na4O22S4. The zero-order chi connectivity index (χ0) is 66.9. The Morgan fingerprint density at radius 2 is 0.917 bits per heavy atom. The number of hydroxylamine groups is 4. The van der Waals surface area contributed by atoms with Gasteiger partial charge in [-0.2, -0.15) is 0 Å². The molecule has 1 aliphatic carbocycles. The number of benzene rings is 4. The van der Waals surface area contributed by atoms with E-state index in [0.29, 0.717) is 79.8 Å². The number of rotatable bonds is 31. The maximum absolute atomic E-state index is 15.0. The minimum absolute atomic E-state index is 0. The molecule has 0 radical (unpaired) electrons. The van der Waals surface area contributed by atoms with Gasteiger partial charge in [-0.15, -0.1) is 10.1 Å². The predicted molar refractivity (Wildman–Crippen MR) is 325 cm³/mol. The molecule has 2 atom stereocenters. The number of hydrogen-bond donors (Lipinski definition) is 0. The number of anilines is 3. The van der Waals surface area contributed by atoms with Crippen LogP contribution in [-0.2, 0) is 83.7 Å². The summed E-state index contributed by atoms with van der Waals surface area (Å²) in [6, 6.07) is 16.6. The Hall–Kier alpha value is -3.46. The molecule has 0 bridgehead atoms. The molecule has 2 unspecified atom stereocenters. The van der Waals surface area contributed by atoms with E-state index in [0.717, 1.165) is 0 Å². The van der Waals surface area contributed by atoms with Crippen LogP contribution >= 0.6 is 0 Å². The van der Waals surface area contributed by atoms with Crippen molar-refractivity contribution in [2.75, 3.05) is 63.9 Å². The predicted octanol–water partition coefficient (Wildman–Crippen LogP) is -10.3. The van der Waals surface area contributed by atoms with Crippen molar-refractivity contribution < 1.29 is 218 Å². The molecule has 36 heteroatoms. The van der Waals surface area contributed by atoms with Crippen LogP contribution in [-0.4, -0.2) is 164 Å². The molecule has 9 rings (SSSR count). The van der Waals surface area contributed by atoms with Crippen molar-refractivity contribution >= 4 is 132 Å². The maximum atomic E-state index is 15.0. The van der Waals surface area contributed by atoms with Crippen LogP contribution in [0, 0.1) is 0 Å². The molecule has 28 nitrogen and oxygen atoms in total. The van der Waals surface area contributed by atoms with Gasteiger partial charge in [0, 0.05) is 135 Å². The zero-order valence-corrected chi connectivity index (χ0v) is 65.7. The summed E-state index contributed by atoms with van der Waals surface area (Å²) in [6.07, 6.45) is 1.17. The van der Waals surface area contributed by atoms with E-state index in [4.69, 9.17) is 9.68 Å². The number of hydrogen-bond acceptors (Lipinski definition) is 25. The van der Waals surface area contributed by atoms with E-state index in [1.807, 2.05) is 33.1 Å². The Labute approximate surface area is 644 Å². The van der Waals surface area contributed by atoms with Crippen molar-refractivity contribution in [1.29, 1.82) is 0 Å². The molecule has 4 aromatic carbocycles. The van der Waals surface area contributed by atoms with E-state index >= 15 is 9.90 Å². The van der Waals surface area contributed by atoms with Crippen LogP contribution in [0.2, 0.25) is 0 Å². The molecule has 0 aromatic heterocycles. The standard InChI is InChI=1S/C60H72N6O22S4.4Na/c1-59(29-7-3-5-19-51(71)87-65-47(67)25-26-48(65)68)61(31-11-35-89(75,76)77)43-17-9-15-39-41(21-23-45(53(39)43)63(59)33-13-37-91(81,82)83)55-57(73)56(58(55)74)42-22-24-46-54-40(42)16-10-18-44(54)62(32-12-36-90(78,79)80)60(2,64(46)34-14-38-92(84,85)86)30-8-4-6-20-52(72)88-66-49(69)27-28-50(66)70;;;;/h9-10,15-18,21-24H,3-8,11-14,19-20,25-38H2,1-2H3,(H4-,73,74,75,76,77,78,79,80,81,82,83,84,85,86);;;;/q;4*+1/p-4. The smallest absolute Gasteiger partial charge is 0.871 e. The van der Waals surface area contributed by atoms with Gasteiger partial charge in [-0.1, -0.05) is 48.9 Å². The quantitative estimate of drug-likeness (QED) is 0.0148. The second-order valence-electron chi connectivity index (χ2n) is 23.8. The molecule has 0 N–H and O–H groups in total. The third-order valence-electron chi connectivity index (χ3n) is 17.5. The van der Waals surface area contributed by atoms with Gasteiger partial charge in [0.2, 0.25) is 11.0 Å². The van der Waals surface area contributed by atoms with Gasteiger partial charge >= 0.3 is 130 Å². The van der Waals surface area contributed by atoms with Crippen molar-refractivity contribution in [2.45, 2.75) is 141 Å². The Bertz CT molecular complexity index is 4290. The molecule has 5 aliphatic rings. The fourth-order valence-electron chi connectivity index (χ4n) is 13.3. The molecule has 96 heavy (non-hydrogen) atoms. The van der Waals surface area contributed by atoms with Crippen molar-refractivity contribution in [3.8, 4) is 0 Å². The number of unbranched alkanes of at least 4 members (excludes halogenated alkanes) is 4. The first-order valence-electron chi connectivity index (χ1n) is 30.1. The summed E-state index contributed by atoms with van der Waals surface area (Å²) in [4.78, 5) is 104. The summed E-state index contributed by atoms with van der Waals surface area (Å²) in [5.41, 5.74) is -1.06. The van der Waals surface area contributed by atoms with Crippen LogP contribution in [0.1, 0.15) is 135 Å². The minimum Gasteiger partial charge on any atom is -0.871 e. The number of imide groups is 2. The van der Waals surface area contributed by atoms with Crippen LogP contribution in [0.25, 0.3) is 32.7 Å². The van der Waals surface area contributed by atoms with Crippen LogP contribution in [0.3, 0.4) is 0 Å². The molecular weight excluding hydrogens is 1380 g/mol. The molecule has 498 valence electrons. The van der Waals surface area contributed by atoms with Gasteiger partial charge in [-0.25, -0.2) is 47.8 Å². The van der Waals surface area contributed by atoms with Crippen molar-refractivity contribution in [2.24, 2.45) is 0 Å². The summed E-state index contributed by atoms with van der Waals surface area (Å²) in [6.45, 7) is 3.39. The number of Topliss-reactive ketones (excluding diaryl/α,β-unsaturated/α-hetero) is 1. The second-order valence-corrected chi connectivity index (χ2v) is 29.9. The molecule has 2 saturated heterocycles. The average Bonchev–Trinajstić information content (AvgIpc) is 1.24. The monoisotopic (exact) mass is 1440 g/mol. The van der Waals surface area contributed by atoms with Crippen LogP contribution in [0.4, 0.5) is 17.1 Å². The van der Waals surface area contributed by atoms with E-state index in [1.54, 1.807) is 60.7 Å². The molecule has 0 spiro atoms. The SMILES string of the molecule is CC1(CCCCCC(=O)ON2C(=O)CCC2=O)N(CCCS(=O)(=O)[O-])c2cccc3c(C4=C([O-])C(=c5ccc6c7c(cccc57)N(CCCS(=O)(=O)[O-])C(C)(CCCCCC(=O)ON5C(=O)CCC5=O)[N+]=6CCCS(=O)(=O)[O-])C4=O)ccc(c23)N1CCCS(=O)(=O)[O-].[Na+].[Na+].[Na+].[Na+]. The van der Waals surface area contributed by atoms with E-state index in [1.165, 1.54) is 0 Å². The summed E-state index contributed by atoms with van der Waals surface area (Å²) in [7, 11) is -18.9. The Kier molecular flexibility index (Phi) is 29.5. The van der Waals surface area contributed by atoms with E-state index in [-0.39, 0.29) is 256 Å². The summed E-state index contributed by atoms with van der Waals surface area (Å²) in [5, 5.41) is 18.3. The van der Waals surface area contributed by atoms with Crippen molar-refractivity contribution in [1.82, 2.24) is 14.7 Å². The zero-order valence-electron chi connectivity index (χ0n) is 54.5. The van der Waals surface area contributed by atoms with Gasteiger partial charge in [0.15, 0.2) is 5.78 Å². The van der Waals surface area contributed by atoms with E-state index in [2.05, 4.69) is 0 Å². The number of carbonyl (C=O) groups is 7. The number of ketones is 1. The number of carbonyl (C=O) groups excluding carboxylic acids is 7. The van der Waals surface area contributed by atoms with Crippen molar-refractivity contribution in [3.05, 3.63) is 82.6 Å². The summed E-state index contributed by atoms with van der Waals surface area (Å²) in [5.74, 6) is -8.52. The third-order valence-corrected chi connectivity index (χ3v) is 20.6. The molecule has 2 fully saturated rings. The van der Waals surface area contributed by atoms with Gasteiger partial charge in [-0.3, -0.25) is 24.0 Å². The van der Waals surface area contributed by atoms with Gasteiger partial charge in [0.25, 0.3) is 23.6 Å². The van der Waals surface area contributed by atoms with Crippen molar-refractivity contribution in [3.63, 3.8) is 0 Å². The first-order chi connectivity index (χ1) is 43.2. The third kappa shape index (κ3) is 19.2. The summed E-state index contributed by atoms with van der Waals surface area (Å²) < 4.78 is 146. The Morgan fingerprint density at radius 1 is 0.490 bits per heavy atom. The number of amides is 4. The fourth-order valence-corrected chi connectivity index (χ4v) is 15.2. The minimum atomic E-state index is -4.73. The number of allylic oxidation sites excluding steroid dienone is 2. The molecule has 4 heterocycles. The van der Waals surface area contributed by atoms with Gasteiger partial charge in [0.1, 0.15) is 12.2 Å². The van der Waals surface area contributed by atoms with Gasteiger partial charge < -0.3 is 47.7 Å². The molecule has 4 aromatic rings. The topological polar surface area (TPSA) is 409 Å². The number of nitrogens with zero attached hydrogens (tertiary/aromatic N) is 6. The largest absolute Gasteiger partial charge is 1.00 e. The first-order valence-corrected chi connectivity index (χ1v) is 36.5. The molecule has 4 amide bonds. The van der Waals surface area contributed by atoms with Gasteiger partial charge in [-0.05, 0) is 104 Å². The van der Waals surface area contributed by atoms with Crippen LogP contribution in [0.5, 0.6) is 0 Å². The maximum Gasteiger partial charge on any atom is 1.00 e. The summed E-state index contributed by atoms with van der Waals surface area (Å²) >= 11 is 0. The normalized spacial score (nSPS) is 19.3.